The van der Waals surface area contributed by atoms with E-state index in [1.165, 1.54) is 10.8 Å². The maximum atomic E-state index is 12.5. The van der Waals surface area contributed by atoms with Crippen molar-refractivity contribution < 1.29 is 8.95 Å². The molecule has 4 unspecified atom stereocenters. The third-order valence-corrected chi connectivity index (χ3v) is 6.17. The first-order chi connectivity index (χ1) is 10.1. The third kappa shape index (κ3) is 3.18. The van der Waals surface area contributed by atoms with Crippen LogP contribution in [0.2, 0.25) is 0 Å². The van der Waals surface area contributed by atoms with Gasteiger partial charge in [0.15, 0.2) is 0 Å². The molecular weight excluding hydrogens is 282 g/mol. The van der Waals surface area contributed by atoms with Gasteiger partial charge in [0.2, 0.25) is 0 Å². The van der Waals surface area contributed by atoms with Gasteiger partial charge in [0.05, 0.1) is 11.4 Å². The summed E-state index contributed by atoms with van der Waals surface area (Å²) in [5, 5.41) is 2.50. The second-order valence-corrected chi connectivity index (χ2v) is 7.36. The molecule has 0 spiro atoms. The van der Waals surface area contributed by atoms with E-state index in [2.05, 4.69) is 24.3 Å². The molecule has 112 valence electrons. The fourth-order valence-corrected chi connectivity index (χ4v) is 4.55. The summed E-state index contributed by atoms with van der Waals surface area (Å²) in [5.74, 6) is 0.497. The van der Waals surface area contributed by atoms with Crippen molar-refractivity contribution in [1.82, 2.24) is 0 Å². The highest BCUT2D eigenvalue weighted by Gasteiger charge is 2.30. The average Bonchev–Trinajstić information content (AvgIpc) is 2.93. The third-order valence-electron chi connectivity index (χ3n) is 4.19. The Morgan fingerprint density at radius 2 is 2.05 bits per heavy atom. The summed E-state index contributed by atoms with van der Waals surface area (Å²) in [5.41, 5.74) is 7.32. The highest BCUT2D eigenvalue weighted by atomic mass is 32.2. The summed E-state index contributed by atoms with van der Waals surface area (Å²) in [7, 11) is -0.940. The van der Waals surface area contributed by atoms with Crippen molar-refractivity contribution in [3.05, 3.63) is 48.0 Å². The fourth-order valence-electron chi connectivity index (χ4n) is 2.89. The topological polar surface area (TPSA) is 52.3 Å². The minimum atomic E-state index is -0.940. The van der Waals surface area contributed by atoms with Gasteiger partial charge in [0, 0.05) is 29.2 Å². The normalized spacial score (nSPS) is 25.0. The number of benzene rings is 2. The summed E-state index contributed by atoms with van der Waals surface area (Å²) < 4.78 is 18.0. The number of hydrogen-bond acceptors (Lipinski definition) is 3. The van der Waals surface area contributed by atoms with Gasteiger partial charge in [0.25, 0.3) is 0 Å². The van der Waals surface area contributed by atoms with Crippen LogP contribution in [0.3, 0.4) is 0 Å². The molecular formula is C17H21NO2S. The van der Waals surface area contributed by atoms with Crippen molar-refractivity contribution in [1.29, 1.82) is 0 Å². The van der Waals surface area contributed by atoms with E-state index in [9.17, 15) is 4.21 Å². The molecule has 0 aromatic heterocycles. The molecule has 0 amide bonds. The highest BCUT2D eigenvalue weighted by molar-refractivity contribution is 7.85. The molecule has 2 N–H and O–H groups in total. The SMILES string of the molecule is CC1OCCC1S(=O)CC(N)c1ccc2ccccc2c1. The average molecular weight is 303 g/mol. The molecule has 4 atom stereocenters. The molecule has 1 aliphatic heterocycles. The van der Waals surface area contributed by atoms with Gasteiger partial charge in [-0.3, -0.25) is 4.21 Å². The molecule has 0 saturated carbocycles. The van der Waals surface area contributed by atoms with E-state index >= 15 is 0 Å². The molecule has 2 aromatic carbocycles. The Hall–Kier alpha value is -1.23. The van der Waals surface area contributed by atoms with Crippen LogP contribution >= 0.6 is 0 Å². The Kier molecular flexibility index (Phi) is 4.38. The van der Waals surface area contributed by atoms with E-state index in [0.717, 1.165) is 12.0 Å². The van der Waals surface area contributed by atoms with Crippen LogP contribution in [0, 0.1) is 0 Å². The Balaban J connectivity index is 1.74. The standard InChI is InChI=1S/C17H21NO2S/c1-12-17(8-9-20-12)21(19)11-16(18)15-7-6-13-4-2-3-5-14(13)10-15/h2-7,10,12,16-17H,8-9,11,18H2,1H3. The van der Waals surface area contributed by atoms with Crippen LogP contribution in [0.15, 0.2) is 42.5 Å². The zero-order valence-corrected chi connectivity index (χ0v) is 13.0. The van der Waals surface area contributed by atoms with Gasteiger partial charge in [-0.2, -0.15) is 0 Å². The molecule has 0 aliphatic carbocycles. The summed E-state index contributed by atoms with van der Waals surface area (Å²) in [6.07, 6.45) is 0.952. The van der Waals surface area contributed by atoms with Gasteiger partial charge >= 0.3 is 0 Å². The van der Waals surface area contributed by atoms with Crippen molar-refractivity contribution in [2.75, 3.05) is 12.4 Å². The van der Waals surface area contributed by atoms with Crippen molar-refractivity contribution in [3.63, 3.8) is 0 Å². The summed E-state index contributed by atoms with van der Waals surface area (Å²) in [6.45, 7) is 2.71. The van der Waals surface area contributed by atoms with E-state index in [4.69, 9.17) is 10.5 Å². The first kappa shape index (κ1) is 14.7. The van der Waals surface area contributed by atoms with Gasteiger partial charge in [-0.1, -0.05) is 36.4 Å². The molecule has 2 aromatic rings. The van der Waals surface area contributed by atoms with Gasteiger partial charge in [-0.05, 0) is 35.7 Å². The Labute approximate surface area is 127 Å². The molecule has 1 fully saturated rings. The van der Waals surface area contributed by atoms with Gasteiger partial charge in [-0.15, -0.1) is 0 Å². The van der Waals surface area contributed by atoms with E-state index in [-0.39, 0.29) is 17.4 Å². The van der Waals surface area contributed by atoms with Crippen LogP contribution in [0.5, 0.6) is 0 Å². The van der Waals surface area contributed by atoms with E-state index in [1.807, 2.05) is 25.1 Å². The van der Waals surface area contributed by atoms with E-state index in [1.54, 1.807) is 0 Å². The van der Waals surface area contributed by atoms with E-state index < -0.39 is 10.8 Å². The molecule has 1 saturated heterocycles. The Bertz CT molecular complexity index is 658. The fraction of sp³-hybridized carbons (Fsp3) is 0.412. The monoisotopic (exact) mass is 303 g/mol. The summed E-state index contributed by atoms with van der Waals surface area (Å²) in [6, 6.07) is 14.2. The van der Waals surface area contributed by atoms with Gasteiger partial charge in [-0.25, -0.2) is 0 Å². The van der Waals surface area contributed by atoms with Crippen LogP contribution in [-0.4, -0.2) is 27.9 Å². The van der Waals surface area contributed by atoms with Crippen LogP contribution in [-0.2, 0) is 15.5 Å². The first-order valence-corrected chi connectivity index (χ1v) is 8.76. The lowest BCUT2D eigenvalue weighted by molar-refractivity contribution is 0.127. The van der Waals surface area contributed by atoms with Crippen LogP contribution < -0.4 is 5.73 Å². The second kappa shape index (κ2) is 6.26. The van der Waals surface area contributed by atoms with Crippen LogP contribution in [0.4, 0.5) is 0 Å². The molecule has 1 aliphatic rings. The quantitative estimate of drug-likeness (QED) is 0.945. The maximum absolute atomic E-state index is 12.5. The van der Waals surface area contributed by atoms with Crippen molar-refractivity contribution in [2.45, 2.75) is 30.7 Å². The molecule has 3 nitrogen and oxygen atoms in total. The lowest BCUT2D eigenvalue weighted by Gasteiger charge is -2.18. The number of rotatable bonds is 4. The largest absolute Gasteiger partial charge is 0.377 e. The Morgan fingerprint density at radius 3 is 2.76 bits per heavy atom. The zero-order chi connectivity index (χ0) is 14.8. The minimum Gasteiger partial charge on any atom is -0.377 e. The number of hydrogen-bond donors (Lipinski definition) is 1. The van der Waals surface area contributed by atoms with Gasteiger partial charge < -0.3 is 10.5 Å². The zero-order valence-electron chi connectivity index (χ0n) is 12.2. The smallest absolute Gasteiger partial charge is 0.0691 e. The molecule has 3 rings (SSSR count). The van der Waals surface area contributed by atoms with E-state index in [0.29, 0.717) is 12.4 Å². The van der Waals surface area contributed by atoms with Crippen LogP contribution in [0.25, 0.3) is 10.8 Å². The maximum Gasteiger partial charge on any atom is 0.0691 e. The number of nitrogens with two attached hydrogens (primary N) is 1. The molecule has 0 bridgehead atoms. The lowest BCUT2D eigenvalue weighted by atomic mass is 10.0. The van der Waals surface area contributed by atoms with Crippen molar-refractivity contribution >= 4 is 21.6 Å². The van der Waals surface area contributed by atoms with Gasteiger partial charge in [0.1, 0.15) is 0 Å². The van der Waals surface area contributed by atoms with Crippen molar-refractivity contribution in [3.8, 4) is 0 Å². The highest BCUT2D eigenvalue weighted by Crippen LogP contribution is 2.23. The summed E-state index contributed by atoms with van der Waals surface area (Å²) in [4.78, 5) is 0. The Morgan fingerprint density at radius 1 is 1.29 bits per heavy atom. The lowest BCUT2D eigenvalue weighted by Crippen LogP contribution is -2.29. The molecule has 1 heterocycles. The molecule has 0 radical (unpaired) electrons. The number of fused-ring (bicyclic) bond motifs is 1. The van der Waals surface area contributed by atoms with Crippen LogP contribution in [0.1, 0.15) is 24.9 Å². The molecule has 21 heavy (non-hydrogen) atoms. The minimum absolute atomic E-state index is 0.0784. The first-order valence-electron chi connectivity index (χ1n) is 7.38. The second-order valence-electron chi connectivity index (χ2n) is 5.66. The number of ether oxygens (including phenoxy) is 1. The summed E-state index contributed by atoms with van der Waals surface area (Å²) >= 11 is 0. The molecule has 4 heteroatoms. The van der Waals surface area contributed by atoms with Crippen molar-refractivity contribution in [2.24, 2.45) is 5.73 Å². The predicted octanol–water partition coefficient (Wildman–Crippen LogP) is 2.77. The predicted molar refractivity (Wildman–Crippen MR) is 87.7 cm³/mol.